The van der Waals surface area contributed by atoms with Crippen LogP contribution >= 0.6 is 11.6 Å². The van der Waals surface area contributed by atoms with Gasteiger partial charge < -0.3 is 15.3 Å². The number of fused-ring (bicyclic) bond motifs is 1. The standard InChI is InChI=1S/C22H24ClN7/c1-13-4-14(16-9-25-29(2)11-16)5-18(23)22(13)28-21-7-20-15(8-24-21)6-19(27-20)17-10-26-30(3)12-17/h5-8,10-13,25,27H,4,9H2,1-3H3,(H,24,28). The number of hydrogen-bond donors (Lipinski definition) is 3. The molecule has 7 nitrogen and oxygen atoms in total. The molecule has 5 rings (SSSR count). The summed E-state index contributed by atoms with van der Waals surface area (Å²) in [5.41, 5.74) is 9.96. The number of aromatic amines is 1. The second kappa shape index (κ2) is 7.34. The van der Waals surface area contributed by atoms with Gasteiger partial charge in [-0.1, -0.05) is 18.5 Å². The summed E-state index contributed by atoms with van der Waals surface area (Å²) in [4.78, 5) is 8.06. The van der Waals surface area contributed by atoms with Crippen LogP contribution in [0.1, 0.15) is 13.3 Å². The van der Waals surface area contributed by atoms with Gasteiger partial charge in [-0.05, 0) is 29.7 Å². The number of halogens is 1. The van der Waals surface area contributed by atoms with Gasteiger partial charge in [0.25, 0.3) is 0 Å². The van der Waals surface area contributed by atoms with Crippen molar-refractivity contribution in [3.05, 3.63) is 64.9 Å². The van der Waals surface area contributed by atoms with Crippen molar-refractivity contribution in [3.63, 3.8) is 0 Å². The molecule has 0 bridgehead atoms. The largest absolute Gasteiger partial charge is 0.354 e. The molecule has 1 aliphatic carbocycles. The highest BCUT2D eigenvalue weighted by atomic mass is 35.5. The van der Waals surface area contributed by atoms with Crippen LogP contribution in [0.25, 0.3) is 22.2 Å². The van der Waals surface area contributed by atoms with E-state index in [0.717, 1.165) is 51.7 Å². The molecule has 0 fully saturated rings. The Hall–Kier alpha value is -3.03. The number of aromatic nitrogens is 4. The first-order valence-electron chi connectivity index (χ1n) is 9.99. The van der Waals surface area contributed by atoms with E-state index >= 15 is 0 Å². The minimum absolute atomic E-state index is 0.274. The minimum Gasteiger partial charge on any atom is -0.354 e. The molecule has 1 unspecified atom stereocenters. The summed E-state index contributed by atoms with van der Waals surface area (Å²) >= 11 is 6.68. The molecule has 3 N–H and O–H groups in total. The van der Waals surface area contributed by atoms with E-state index in [4.69, 9.17) is 11.6 Å². The van der Waals surface area contributed by atoms with Gasteiger partial charge in [0.15, 0.2) is 0 Å². The fourth-order valence-corrected chi connectivity index (χ4v) is 4.41. The van der Waals surface area contributed by atoms with Gasteiger partial charge in [0.1, 0.15) is 5.82 Å². The van der Waals surface area contributed by atoms with E-state index in [1.54, 1.807) is 4.68 Å². The predicted octanol–water partition coefficient (Wildman–Crippen LogP) is 4.13. The summed E-state index contributed by atoms with van der Waals surface area (Å²) in [6.07, 6.45) is 10.9. The molecule has 154 valence electrons. The highest BCUT2D eigenvalue weighted by molar-refractivity contribution is 6.32. The maximum atomic E-state index is 6.68. The van der Waals surface area contributed by atoms with Gasteiger partial charge in [-0.3, -0.25) is 4.68 Å². The number of nitrogens with one attached hydrogen (secondary N) is 3. The third-order valence-electron chi connectivity index (χ3n) is 5.64. The molecule has 3 aromatic rings. The van der Waals surface area contributed by atoms with Crippen LogP contribution in [0.5, 0.6) is 0 Å². The summed E-state index contributed by atoms with van der Waals surface area (Å²) in [6, 6.07) is 4.12. The van der Waals surface area contributed by atoms with Crippen molar-refractivity contribution in [2.75, 3.05) is 18.9 Å². The average molecular weight is 422 g/mol. The zero-order chi connectivity index (χ0) is 20.8. The maximum Gasteiger partial charge on any atom is 0.132 e. The molecule has 1 atom stereocenters. The summed E-state index contributed by atoms with van der Waals surface area (Å²) in [6.45, 7) is 3.03. The number of anilines is 1. The highest BCUT2D eigenvalue weighted by Crippen LogP contribution is 2.36. The number of rotatable bonds is 4. The Morgan fingerprint density at radius 2 is 2.07 bits per heavy atom. The molecule has 30 heavy (non-hydrogen) atoms. The SMILES string of the molecule is CC1CC(C2=CN(C)NC2)=CC(Cl)=C1Nc1cc2[nH]c(-c3cnn(C)c3)cc2cn1. The number of allylic oxidation sites excluding steroid dienone is 3. The van der Waals surface area contributed by atoms with Crippen molar-refractivity contribution >= 4 is 28.3 Å². The van der Waals surface area contributed by atoms with E-state index in [-0.39, 0.29) is 5.92 Å². The first-order valence-corrected chi connectivity index (χ1v) is 10.4. The average Bonchev–Trinajstić information content (AvgIpc) is 3.43. The molecular weight excluding hydrogens is 398 g/mol. The molecule has 4 heterocycles. The number of H-pyrrole nitrogens is 1. The second-order valence-corrected chi connectivity index (χ2v) is 8.41. The molecular formula is C22H24ClN7. The quantitative estimate of drug-likeness (QED) is 0.590. The molecule has 1 aliphatic heterocycles. The summed E-state index contributed by atoms with van der Waals surface area (Å²) < 4.78 is 1.79. The van der Waals surface area contributed by atoms with Gasteiger partial charge in [-0.15, -0.1) is 0 Å². The topological polar surface area (TPSA) is 73.8 Å². The van der Waals surface area contributed by atoms with E-state index < -0.39 is 0 Å². The Bertz CT molecular complexity index is 1210. The minimum atomic E-state index is 0.274. The van der Waals surface area contributed by atoms with Gasteiger partial charge in [-0.25, -0.2) is 10.4 Å². The van der Waals surface area contributed by atoms with Crippen LogP contribution in [-0.2, 0) is 7.05 Å². The van der Waals surface area contributed by atoms with Crippen molar-refractivity contribution in [2.45, 2.75) is 13.3 Å². The van der Waals surface area contributed by atoms with Crippen LogP contribution in [0.4, 0.5) is 5.82 Å². The molecule has 0 saturated heterocycles. The molecule has 2 aliphatic rings. The lowest BCUT2D eigenvalue weighted by Crippen LogP contribution is -2.24. The van der Waals surface area contributed by atoms with Crippen molar-refractivity contribution in [2.24, 2.45) is 13.0 Å². The molecule has 0 radical (unpaired) electrons. The van der Waals surface area contributed by atoms with Crippen molar-refractivity contribution in [1.29, 1.82) is 0 Å². The van der Waals surface area contributed by atoms with Crippen LogP contribution < -0.4 is 10.7 Å². The normalized spacial score (nSPS) is 19.5. The van der Waals surface area contributed by atoms with E-state index in [1.807, 2.05) is 43.8 Å². The number of pyridine rings is 1. The monoisotopic (exact) mass is 421 g/mol. The summed E-state index contributed by atoms with van der Waals surface area (Å²) in [5, 5.41) is 11.5. The zero-order valence-electron chi connectivity index (χ0n) is 17.2. The maximum absolute atomic E-state index is 6.68. The molecule has 3 aromatic heterocycles. The summed E-state index contributed by atoms with van der Waals surface area (Å²) in [7, 11) is 3.92. The van der Waals surface area contributed by atoms with Crippen molar-refractivity contribution in [1.82, 2.24) is 30.2 Å². The van der Waals surface area contributed by atoms with Gasteiger partial charge in [0.2, 0.25) is 0 Å². The van der Waals surface area contributed by atoms with Crippen LogP contribution in [0.2, 0.25) is 0 Å². The van der Waals surface area contributed by atoms with Gasteiger partial charge in [-0.2, -0.15) is 5.10 Å². The Kier molecular flexibility index (Phi) is 4.64. The van der Waals surface area contributed by atoms with Crippen LogP contribution in [-0.4, -0.2) is 38.3 Å². The Morgan fingerprint density at radius 3 is 2.77 bits per heavy atom. The van der Waals surface area contributed by atoms with Crippen LogP contribution in [0, 0.1) is 5.92 Å². The number of hydrogen-bond acceptors (Lipinski definition) is 5. The smallest absolute Gasteiger partial charge is 0.132 e. The van der Waals surface area contributed by atoms with E-state index in [0.29, 0.717) is 0 Å². The molecule has 0 spiro atoms. The second-order valence-electron chi connectivity index (χ2n) is 8.00. The fraction of sp³-hybridized carbons (Fsp3) is 0.273. The first-order chi connectivity index (χ1) is 14.5. The van der Waals surface area contributed by atoms with Gasteiger partial charge in [0.05, 0.1) is 16.7 Å². The lowest BCUT2D eigenvalue weighted by molar-refractivity contribution is 0.374. The third-order valence-corrected chi connectivity index (χ3v) is 5.95. The summed E-state index contributed by atoms with van der Waals surface area (Å²) in [5.74, 6) is 1.05. The number of aryl methyl sites for hydroxylation is 1. The van der Waals surface area contributed by atoms with Gasteiger partial charge >= 0.3 is 0 Å². The first kappa shape index (κ1) is 19.0. The molecule has 8 heteroatoms. The highest BCUT2D eigenvalue weighted by Gasteiger charge is 2.24. The van der Waals surface area contributed by atoms with Crippen LogP contribution in [0.15, 0.2) is 64.9 Å². The van der Waals surface area contributed by atoms with Gasteiger partial charge in [0, 0.05) is 73.6 Å². The lowest BCUT2D eigenvalue weighted by atomic mass is 9.88. The fourth-order valence-electron chi connectivity index (χ4n) is 4.04. The van der Waals surface area contributed by atoms with Crippen molar-refractivity contribution < 1.29 is 0 Å². The van der Waals surface area contributed by atoms with Crippen LogP contribution in [0.3, 0.4) is 0 Å². The zero-order valence-corrected chi connectivity index (χ0v) is 18.0. The predicted molar refractivity (Wildman–Crippen MR) is 121 cm³/mol. The third kappa shape index (κ3) is 3.51. The van der Waals surface area contributed by atoms with E-state index in [2.05, 4.69) is 51.1 Å². The number of hydrazine groups is 1. The molecule has 0 aromatic carbocycles. The molecule has 0 amide bonds. The lowest BCUT2D eigenvalue weighted by Gasteiger charge is -2.25. The number of nitrogens with zero attached hydrogens (tertiary/aromatic N) is 4. The Labute approximate surface area is 180 Å². The molecule has 0 saturated carbocycles. The van der Waals surface area contributed by atoms with Crippen molar-refractivity contribution in [3.8, 4) is 11.3 Å². The Morgan fingerprint density at radius 1 is 1.20 bits per heavy atom. The van der Waals surface area contributed by atoms with E-state index in [1.165, 1.54) is 11.1 Å². The Balaban J connectivity index is 1.42. The van der Waals surface area contributed by atoms with E-state index in [9.17, 15) is 0 Å².